The first-order valence-electron chi connectivity index (χ1n) is 13.1. The van der Waals surface area contributed by atoms with Gasteiger partial charge in [-0.3, -0.25) is 27.8 Å². The van der Waals surface area contributed by atoms with E-state index in [-0.39, 0.29) is 38.4 Å². The van der Waals surface area contributed by atoms with Crippen LogP contribution >= 0.6 is 0 Å². The van der Waals surface area contributed by atoms with Gasteiger partial charge in [-0.1, -0.05) is 12.1 Å². The molecule has 0 aliphatic carbocycles. The minimum Gasteiger partial charge on any atom is -0.399 e. The second-order valence-corrected chi connectivity index (χ2v) is 16.0. The summed E-state index contributed by atoms with van der Waals surface area (Å²) in [7, 11) is -19.4. The normalized spacial score (nSPS) is 12.6. The Balaban J connectivity index is 1.50. The zero-order valence-corrected chi connectivity index (χ0v) is 27.4. The highest BCUT2D eigenvalue weighted by Crippen LogP contribution is 2.32. The van der Waals surface area contributed by atoms with Crippen molar-refractivity contribution in [2.45, 2.75) is 19.6 Å². The van der Waals surface area contributed by atoms with E-state index in [1.54, 1.807) is 0 Å². The Bertz CT molecular complexity index is 2530. The standard InChI is InChI=1S/C28H21N3O14S4/c29-20-6-18(27(32)30-23-10-14-1-3-21(46(34,35)36)8-16(14)12-25(23)48(40,41)42)5-19(7-20)28(33)31-24-11-15-2-4-22(47(37,38)39)9-17(15)13-26(24)49(43,44)45/h1-13H,29H2,(H,30,32)(H,31,33)(H,34,35,36)(H,37,38,39)(H,40,41,42)(H,43,44,45). The molecule has 21 heteroatoms. The van der Waals surface area contributed by atoms with Gasteiger partial charge in [0, 0.05) is 16.8 Å². The van der Waals surface area contributed by atoms with Crippen LogP contribution in [-0.2, 0) is 40.5 Å². The minimum absolute atomic E-state index is 0.0412. The number of nitrogen functional groups attached to an aromatic ring is 1. The van der Waals surface area contributed by atoms with Gasteiger partial charge in [0.1, 0.15) is 9.79 Å². The van der Waals surface area contributed by atoms with Crippen molar-refractivity contribution in [2.75, 3.05) is 16.4 Å². The molecule has 5 aromatic rings. The van der Waals surface area contributed by atoms with Gasteiger partial charge in [-0.2, -0.15) is 33.7 Å². The lowest BCUT2D eigenvalue weighted by atomic mass is 10.1. The Morgan fingerprint density at radius 2 is 0.837 bits per heavy atom. The fourth-order valence-electron chi connectivity index (χ4n) is 4.76. The van der Waals surface area contributed by atoms with E-state index in [4.69, 9.17) is 5.73 Å². The van der Waals surface area contributed by atoms with Crippen molar-refractivity contribution in [3.05, 3.63) is 90.0 Å². The Hall–Kier alpha value is -5.00. The summed E-state index contributed by atoms with van der Waals surface area (Å²) >= 11 is 0. The van der Waals surface area contributed by atoms with Gasteiger partial charge in [-0.05, 0) is 88.3 Å². The molecular formula is C28H21N3O14S4. The molecule has 0 spiro atoms. The van der Waals surface area contributed by atoms with E-state index in [9.17, 15) is 61.5 Å². The smallest absolute Gasteiger partial charge is 0.296 e. The average molecular weight is 752 g/mol. The number of amides is 2. The van der Waals surface area contributed by atoms with Gasteiger partial charge < -0.3 is 16.4 Å². The van der Waals surface area contributed by atoms with Crippen molar-refractivity contribution in [1.29, 1.82) is 0 Å². The van der Waals surface area contributed by atoms with E-state index in [1.807, 2.05) is 0 Å². The predicted molar refractivity (Wildman–Crippen MR) is 174 cm³/mol. The van der Waals surface area contributed by atoms with E-state index in [0.717, 1.165) is 66.7 Å². The number of hydrogen-bond donors (Lipinski definition) is 7. The first-order chi connectivity index (χ1) is 22.5. The molecule has 2 amide bonds. The molecule has 5 rings (SSSR count). The van der Waals surface area contributed by atoms with Crippen molar-refractivity contribution in [1.82, 2.24) is 0 Å². The SMILES string of the molecule is Nc1cc(C(=O)Nc2cc3ccc(S(=O)(=O)O)cc3cc2S(=O)(=O)O)cc(C(=O)Nc2cc3ccc(S(=O)(=O)O)cc3cc2S(=O)(=O)O)c1. The molecule has 5 aromatic carbocycles. The van der Waals surface area contributed by atoms with Crippen molar-refractivity contribution < 1.29 is 61.5 Å². The van der Waals surface area contributed by atoms with Gasteiger partial charge in [0.25, 0.3) is 52.3 Å². The summed E-state index contributed by atoms with van der Waals surface area (Å²) in [5, 5.41) is 4.83. The summed E-state index contributed by atoms with van der Waals surface area (Å²) < 4.78 is 133. The average Bonchev–Trinajstić information content (AvgIpc) is 2.97. The Kier molecular flexibility index (Phi) is 8.76. The Labute approximate surface area is 277 Å². The lowest BCUT2D eigenvalue weighted by molar-refractivity contribution is 0.102. The molecule has 0 aliphatic rings. The predicted octanol–water partition coefficient (Wildman–Crippen LogP) is 3.07. The number of fused-ring (bicyclic) bond motifs is 2. The molecule has 0 saturated heterocycles. The van der Waals surface area contributed by atoms with Crippen LogP contribution in [0.3, 0.4) is 0 Å². The fraction of sp³-hybridized carbons (Fsp3) is 0. The largest absolute Gasteiger partial charge is 0.399 e. The van der Waals surface area contributed by atoms with E-state index in [1.165, 1.54) is 12.1 Å². The van der Waals surface area contributed by atoms with E-state index in [0.29, 0.717) is 0 Å². The quantitative estimate of drug-likeness (QED) is 0.0885. The van der Waals surface area contributed by atoms with Crippen molar-refractivity contribution in [3.8, 4) is 0 Å². The first-order valence-corrected chi connectivity index (χ1v) is 18.9. The number of carbonyl (C=O) groups excluding carboxylic acids is 2. The molecule has 17 nitrogen and oxygen atoms in total. The molecular weight excluding hydrogens is 731 g/mol. The third-order valence-electron chi connectivity index (χ3n) is 6.95. The number of carbonyl (C=O) groups is 2. The summed E-state index contributed by atoms with van der Waals surface area (Å²) in [6, 6.07) is 13.4. The van der Waals surface area contributed by atoms with Crippen molar-refractivity contribution in [3.63, 3.8) is 0 Å². The van der Waals surface area contributed by atoms with E-state index < -0.39 is 83.2 Å². The fourth-order valence-corrected chi connectivity index (χ4v) is 7.12. The van der Waals surface area contributed by atoms with E-state index >= 15 is 0 Å². The summed E-state index contributed by atoms with van der Waals surface area (Å²) in [6.45, 7) is 0. The number of nitrogens with one attached hydrogen (secondary N) is 2. The zero-order chi connectivity index (χ0) is 36.3. The molecule has 0 atom stereocenters. The van der Waals surface area contributed by atoms with Crippen LogP contribution in [-0.4, -0.2) is 63.7 Å². The van der Waals surface area contributed by atoms with Gasteiger partial charge in [0.2, 0.25) is 0 Å². The molecule has 8 N–H and O–H groups in total. The highest BCUT2D eigenvalue weighted by molar-refractivity contribution is 7.86. The third kappa shape index (κ3) is 7.68. The van der Waals surface area contributed by atoms with Gasteiger partial charge in [0.05, 0.1) is 21.2 Å². The second kappa shape index (κ2) is 12.2. The van der Waals surface area contributed by atoms with Crippen LogP contribution in [0.1, 0.15) is 20.7 Å². The first kappa shape index (κ1) is 35.3. The van der Waals surface area contributed by atoms with Gasteiger partial charge in [-0.15, -0.1) is 0 Å². The van der Waals surface area contributed by atoms with Crippen LogP contribution in [0, 0.1) is 0 Å². The summed E-state index contributed by atoms with van der Waals surface area (Å²) in [5.41, 5.74) is 4.18. The molecule has 0 aliphatic heterocycles. The maximum Gasteiger partial charge on any atom is 0.296 e. The minimum atomic E-state index is -5.03. The Morgan fingerprint density at radius 1 is 0.469 bits per heavy atom. The van der Waals surface area contributed by atoms with Crippen LogP contribution in [0.5, 0.6) is 0 Å². The number of hydrogen-bond acceptors (Lipinski definition) is 11. The number of rotatable bonds is 8. The van der Waals surface area contributed by atoms with Crippen LogP contribution in [0.2, 0.25) is 0 Å². The molecule has 0 unspecified atom stereocenters. The lowest BCUT2D eigenvalue weighted by Crippen LogP contribution is -2.18. The number of benzene rings is 5. The van der Waals surface area contributed by atoms with E-state index in [2.05, 4.69) is 10.6 Å². The molecule has 49 heavy (non-hydrogen) atoms. The monoisotopic (exact) mass is 751 g/mol. The lowest BCUT2D eigenvalue weighted by Gasteiger charge is -2.14. The highest BCUT2D eigenvalue weighted by atomic mass is 32.2. The third-order valence-corrected chi connectivity index (χ3v) is 10.4. The number of anilines is 3. The molecule has 0 radical (unpaired) electrons. The number of nitrogens with two attached hydrogens (primary N) is 1. The molecule has 0 fully saturated rings. The molecule has 0 bridgehead atoms. The van der Waals surface area contributed by atoms with Crippen LogP contribution in [0.25, 0.3) is 21.5 Å². The zero-order valence-electron chi connectivity index (χ0n) is 24.1. The second-order valence-electron chi connectivity index (χ2n) is 10.4. The summed E-state index contributed by atoms with van der Waals surface area (Å²) in [6.07, 6.45) is 0. The van der Waals surface area contributed by atoms with Crippen LogP contribution in [0.15, 0.2) is 98.4 Å². The van der Waals surface area contributed by atoms with Gasteiger partial charge >= 0.3 is 0 Å². The van der Waals surface area contributed by atoms with Crippen LogP contribution in [0.4, 0.5) is 17.1 Å². The van der Waals surface area contributed by atoms with Crippen molar-refractivity contribution in [2.24, 2.45) is 0 Å². The van der Waals surface area contributed by atoms with Gasteiger partial charge in [-0.25, -0.2) is 0 Å². The maximum absolute atomic E-state index is 13.3. The summed E-state index contributed by atoms with van der Waals surface area (Å²) in [5.74, 6) is -2.08. The topological polar surface area (TPSA) is 302 Å². The molecule has 0 aromatic heterocycles. The molecule has 256 valence electrons. The van der Waals surface area contributed by atoms with Crippen molar-refractivity contribution >= 4 is 90.9 Å². The highest BCUT2D eigenvalue weighted by Gasteiger charge is 2.23. The molecule has 0 saturated carbocycles. The molecule has 0 heterocycles. The van der Waals surface area contributed by atoms with Crippen LogP contribution < -0.4 is 16.4 Å². The van der Waals surface area contributed by atoms with Gasteiger partial charge in [0.15, 0.2) is 0 Å². The Morgan fingerprint density at radius 3 is 1.16 bits per heavy atom. The maximum atomic E-state index is 13.3. The summed E-state index contributed by atoms with van der Waals surface area (Å²) in [4.78, 5) is 23.7.